The molecule has 0 unspecified atom stereocenters. The molecule has 2 rings (SSSR count). The highest BCUT2D eigenvalue weighted by Crippen LogP contribution is 2.26. The quantitative estimate of drug-likeness (QED) is 0.386. The molecule has 7 heteroatoms. The summed E-state index contributed by atoms with van der Waals surface area (Å²) in [7, 11) is -1.03. The van der Waals surface area contributed by atoms with Crippen LogP contribution in [0, 0.1) is 0 Å². The lowest BCUT2D eigenvalue weighted by atomic mass is 10.2. The largest absolute Gasteiger partial charge is 0.324 e. The van der Waals surface area contributed by atoms with Crippen molar-refractivity contribution in [3.63, 3.8) is 0 Å². The van der Waals surface area contributed by atoms with Gasteiger partial charge in [0.15, 0.2) is 0 Å². The van der Waals surface area contributed by atoms with Crippen molar-refractivity contribution in [3.05, 3.63) is 36.5 Å². The van der Waals surface area contributed by atoms with Gasteiger partial charge in [-0.3, -0.25) is 9.78 Å². The van der Waals surface area contributed by atoms with E-state index in [2.05, 4.69) is 36.4 Å². The molecule has 1 amide bonds. The van der Waals surface area contributed by atoms with Gasteiger partial charge in [0, 0.05) is 5.39 Å². The second kappa shape index (κ2) is 13.1. The topological polar surface area (TPSA) is 54.0 Å². The number of carbonyl (C=O) groups is 1. The smallest absolute Gasteiger partial charge is 0.238 e. The third kappa shape index (κ3) is 7.78. The SMILES string of the molecule is CC[Si](CC)(CC)CCCNCC(=O)Nc1cnc2ccccc2c1.Cl.Cl. The Morgan fingerprint density at radius 3 is 2.41 bits per heavy atom. The summed E-state index contributed by atoms with van der Waals surface area (Å²) < 4.78 is 0. The van der Waals surface area contributed by atoms with Crippen LogP contribution in [0.15, 0.2) is 36.5 Å². The van der Waals surface area contributed by atoms with Crippen molar-refractivity contribution in [2.45, 2.75) is 51.4 Å². The standard InChI is InChI=1S/C20H31N3OSi.2ClH/c1-4-25(5-2,6-3)13-9-12-21-16-20(24)23-18-14-17-10-7-8-11-19(17)22-15-18;;/h7-8,10-11,14-15,21H,4-6,9,12-13,16H2,1-3H3,(H,23,24);2*1H. The molecule has 0 bridgehead atoms. The molecule has 0 aliphatic carbocycles. The van der Waals surface area contributed by atoms with Gasteiger partial charge in [0.2, 0.25) is 5.91 Å². The molecule has 152 valence electrons. The number of amides is 1. The Morgan fingerprint density at radius 1 is 1.07 bits per heavy atom. The van der Waals surface area contributed by atoms with Gasteiger partial charge in [-0.15, -0.1) is 24.8 Å². The highest BCUT2D eigenvalue weighted by atomic mass is 35.5. The van der Waals surface area contributed by atoms with Crippen LogP contribution in [0.25, 0.3) is 10.9 Å². The summed E-state index contributed by atoms with van der Waals surface area (Å²) in [5.74, 6) is -0.0120. The number of halogens is 2. The van der Waals surface area contributed by atoms with Crippen LogP contribution in [0.3, 0.4) is 0 Å². The Labute approximate surface area is 176 Å². The molecular weight excluding hydrogens is 397 g/mol. The Hall–Kier alpha value is -1.14. The monoisotopic (exact) mass is 429 g/mol. The summed E-state index contributed by atoms with van der Waals surface area (Å²) in [6.45, 7) is 8.30. The highest BCUT2D eigenvalue weighted by molar-refractivity contribution is 6.79. The first-order valence-corrected chi connectivity index (χ1v) is 12.3. The number of carbonyl (C=O) groups excluding carboxylic acids is 1. The maximum atomic E-state index is 12.1. The van der Waals surface area contributed by atoms with Gasteiger partial charge >= 0.3 is 0 Å². The van der Waals surface area contributed by atoms with E-state index in [9.17, 15) is 4.79 Å². The van der Waals surface area contributed by atoms with Gasteiger partial charge in [-0.25, -0.2) is 0 Å². The number of aromatic nitrogens is 1. The van der Waals surface area contributed by atoms with Crippen molar-refractivity contribution < 1.29 is 4.79 Å². The van der Waals surface area contributed by atoms with Gasteiger partial charge in [0.25, 0.3) is 0 Å². The molecule has 27 heavy (non-hydrogen) atoms. The highest BCUT2D eigenvalue weighted by Gasteiger charge is 2.25. The van der Waals surface area contributed by atoms with Crippen molar-refractivity contribution in [3.8, 4) is 0 Å². The van der Waals surface area contributed by atoms with E-state index >= 15 is 0 Å². The molecule has 2 N–H and O–H groups in total. The van der Waals surface area contributed by atoms with Gasteiger partial charge in [-0.1, -0.05) is 63.1 Å². The number of fused-ring (bicyclic) bond motifs is 1. The molecule has 0 aliphatic heterocycles. The fraction of sp³-hybridized carbons (Fsp3) is 0.500. The van der Waals surface area contributed by atoms with Crippen LogP contribution < -0.4 is 10.6 Å². The van der Waals surface area contributed by atoms with Crippen LogP contribution in [0.5, 0.6) is 0 Å². The summed E-state index contributed by atoms with van der Waals surface area (Å²) in [6.07, 6.45) is 2.89. The predicted molar refractivity (Wildman–Crippen MR) is 124 cm³/mol. The minimum absolute atomic E-state index is 0. The lowest BCUT2D eigenvalue weighted by molar-refractivity contribution is -0.115. The van der Waals surface area contributed by atoms with Crippen LogP contribution in [-0.2, 0) is 4.79 Å². The summed E-state index contributed by atoms with van der Waals surface area (Å²) in [5, 5.41) is 7.23. The number of nitrogens with one attached hydrogen (secondary N) is 2. The number of nitrogens with zero attached hydrogens (tertiary/aromatic N) is 1. The summed E-state index contributed by atoms with van der Waals surface area (Å²) >= 11 is 0. The van der Waals surface area contributed by atoms with Crippen LogP contribution in [0.2, 0.25) is 24.2 Å². The van der Waals surface area contributed by atoms with E-state index in [1.165, 1.54) is 30.6 Å². The molecule has 0 spiro atoms. The van der Waals surface area contributed by atoms with Crippen LogP contribution in [-0.4, -0.2) is 32.1 Å². The third-order valence-electron chi connectivity index (χ3n) is 5.47. The number of hydrogen-bond acceptors (Lipinski definition) is 3. The average molecular weight is 430 g/mol. The Kier molecular flexibility index (Phi) is 12.5. The Balaban J connectivity index is 0.00000338. The van der Waals surface area contributed by atoms with Crippen LogP contribution >= 0.6 is 24.8 Å². The number of para-hydroxylation sites is 1. The van der Waals surface area contributed by atoms with Gasteiger partial charge in [-0.2, -0.15) is 0 Å². The minimum Gasteiger partial charge on any atom is -0.324 e. The zero-order chi connectivity index (χ0) is 18.1. The average Bonchev–Trinajstić information content (AvgIpc) is 2.65. The van der Waals surface area contributed by atoms with Crippen molar-refractivity contribution in [2.75, 3.05) is 18.4 Å². The van der Waals surface area contributed by atoms with E-state index in [-0.39, 0.29) is 30.7 Å². The first kappa shape index (κ1) is 25.9. The molecule has 0 saturated carbocycles. The number of benzene rings is 1. The normalized spacial score (nSPS) is 10.8. The number of rotatable bonds is 10. The lowest BCUT2D eigenvalue weighted by Crippen LogP contribution is -2.33. The van der Waals surface area contributed by atoms with E-state index in [1.807, 2.05) is 30.3 Å². The van der Waals surface area contributed by atoms with E-state index in [1.54, 1.807) is 6.20 Å². The zero-order valence-corrected chi connectivity index (χ0v) is 19.2. The summed E-state index contributed by atoms with van der Waals surface area (Å²) in [5.41, 5.74) is 1.69. The first-order valence-electron chi connectivity index (χ1n) is 9.48. The fourth-order valence-electron chi connectivity index (χ4n) is 3.42. The van der Waals surface area contributed by atoms with Crippen molar-refractivity contribution >= 4 is 55.4 Å². The minimum atomic E-state index is -1.03. The van der Waals surface area contributed by atoms with Crippen molar-refractivity contribution in [1.82, 2.24) is 10.3 Å². The Morgan fingerprint density at radius 2 is 1.74 bits per heavy atom. The molecule has 0 radical (unpaired) electrons. The van der Waals surface area contributed by atoms with Crippen LogP contribution in [0.1, 0.15) is 27.2 Å². The molecular formula is C20H33Cl2N3OSi. The molecule has 0 fully saturated rings. The molecule has 4 nitrogen and oxygen atoms in total. The molecule has 1 heterocycles. The third-order valence-corrected chi connectivity index (χ3v) is 11.4. The molecule has 2 aromatic rings. The number of pyridine rings is 1. The molecule has 1 aromatic heterocycles. The zero-order valence-electron chi connectivity index (χ0n) is 16.6. The van der Waals surface area contributed by atoms with Crippen LogP contribution in [0.4, 0.5) is 5.69 Å². The summed E-state index contributed by atoms with van der Waals surface area (Å²) in [6, 6.07) is 15.3. The van der Waals surface area contributed by atoms with Gasteiger partial charge in [-0.05, 0) is 25.1 Å². The predicted octanol–water partition coefficient (Wildman–Crippen LogP) is 5.51. The number of hydrogen-bond donors (Lipinski definition) is 2. The van der Waals surface area contributed by atoms with Gasteiger partial charge in [0.1, 0.15) is 0 Å². The summed E-state index contributed by atoms with van der Waals surface area (Å²) in [4.78, 5) is 16.5. The van der Waals surface area contributed by atoms with E-state index < -0.39 is 8.07 Å². The Bertz CT molecular complexity index is 687. The van der Waals surface area contributed by atoms with E-state index in [4.69, 9.17) is 0 Å². The molecule has 0 aliphatic rings. The fourth-order valence-corrected chi connectivity index (χ4v) is 6.90. The van der Waals surface area contributed by atoms with Crippen molar-refractivity contribution in [1.29, 1.82) is 0 Å². The molecule has 0 saturated heterocycles. The molecule has 1 aromatic carbocycles. The van der Waals surface area contributed by atoms with E-state index in [0.29, 0.717) is 6.54 Å². The maximum absolute atomic E-state index is 12.1. The lowest BCUT2D eigenvalue weighted by Gasteiger charge is -2.28. The second-order valence-corrected chi connectivity index (χ2v) is 12.4. The molecule has 0 atom stereocenters. The number of anilines is 1. The second-order valence-electron chi connectivity index (χ2n) is 6.81. The van der Waals surface area contributed by atoms with Gasteiger partial charge < -0.3 is 10.6 Å². The maximum Gasteiger partial charge on any atom is 0.238 e. The van der Waals surface area contributed by atoms with Gasteiger partial charge in [0.05, 0.1) is 32.0 Å². The first-order chi connectivity index (χ1) is 12.1. The van der Waals surface area contributed by atoms with E-state index in [0.717, 1.165) is 23.1 Å². The van der Waals surface area contributed by atoms with Crippen molar-refractivity contribution in [2.24, 2.45) is 0 Å².